The molecular formula is C13H15ClFN3. The van der Waals surface area contributed by atoms with Gasteiger partial charge in [0, 0.05) is 17.3 Å². The molecule has 0 saturated heterocycles. The first-order chi connectivity index (χ1) is 8.58. The lowest BCUT2D eigenvalue weighted by Crippen LogP contribution is -2.09. The number of halogens is 2. The van der Waals surface area contributed by atoms with Crippen LogP contribution >= 0.6 is 11.6 Å². The summed E-state index contributed by atoms with van der Waals surface area (Å²) in [7, 11) is 0. The van der Waals surface area contributed by atoms with Crippen LogP contribution in [0.3, 0.4) is 0 Å². The molecule has 2 aromatic rings. The Morgan fingerprint density at radius 3 is 2.89 bits per heavy atom. The molecule has 0 bridgehead atoms. The van der Waals surface area contributed by atoms with Crippen molar-refractivity contribution < 1.29 is 4.39 Å². The van der Waals surface area contributed by atoms with E-state index in [0.29, 0.717) is 23.3 Å². The highest BCUT2D eigenvalue weighted by atomic mass is 35.5. The molecule has 0 aliphatic rings. The van der Waals surface area contributed by atoms with E-state index in [1.165, 1.54) is 6.07 Å². The van der Waals surface area contributed by atoms with Gasteiger partial charge in [-0.3, -0.25) is 0 Å². The molecule has 5 heteroatoms. The fourth-order valence-electron chi connectivity index (χ4n) is 1.75. The lowest BCUT2D eigenvalue weighted by atomic mass is 10.3. The summed E-state index contributed by atoms with van der Waals surface area (Å²) in [6, 6.07) is 4.92. The molecule has 1 aromatic heterocycles. The van der Waals surface area contributed by atoms with E-state index in [2.05, 4.69) is 24.1 Å². The number of nitrogens with one attached hydrogen (secondary N) is 1. The summed E-state index contributed by atoms with van der Waals surface area (Å²) >= 11 is 5.70. The second-order valence-corrected chi connectivity index (χ2v) is 4.80. The highest BCUT2D eigenvalue weighted by Gasteiger charge is 2.07. The quantitative estimate of drug-likeness (QED) is 0.911. The van der Waals surface area contributed by atoms with E-state index < -0.39 is 0 Å². The summed E-state index contributed by atoms with van der Waals surface area (Å²) in [5.41, 5.74) is 1.45. The number of benzene rings is 1. The van der Waals surface area contributed by atoms with Crippen LogP contribution in [0.2, 0.25) is 5.02 Å². The van der Waals surface area contributed by atoms with E-state index in [4.69, 9.17) is 11.6 Å². The fourth-order valence-corrected chi connectivity index (χ4v) is 1.91. The van der Waals surface area contributed by atoms with E-state index in [1.807, 2.05) is 4.57 Å². The summed E-state index contributed by atoms with van der Waals surface area (Å²) in [5, 5.41) is 3.44. The molecule has 0 unspecified atom stereocenters. The van der Waals surface area contributed by atoms with Crippen molar-refractivity contribution in [1.82, 2.24) is 9.55 Å². The Kier molecular flexibility index (Phi) is 3.87. The van der Waals surface area contributed by atoms with E-state index in [-0.39, 0.29) is 5.82 Å². The molecule has 1 N–H and O–H groups in total. The van der Waals surface area contributed by atoms with Gasteiger partial charge in [-0.2, -0.15) is 0 Å². The Morgan fingerprint density at radius 1 is 1.44 bits per heavy atom. The van der Waals surface area contributed by atoms with E-state index >= 15 is 0 Å². The molecule has 0 atom stereocenters. The standard InChI is InChI=1S/C13H15ClFN3/c1-9(2)18-8-16-6-11(18)7-17-13-4-3-10(14)5-12(13)15/h3-6,8-9,17H,7H2,1-2H3. The van der Waals surface area contributed by atoms with Gasteiger partial charge in [0.05, 0.1) is 24.3 Å². The molecule has 96 valence electrons. The molecule has 2 rings (SSSR count). The van der Waals surface area contributed by atoms with Gasteiger partial charge in [-0.25, -0.2) is 9.37 Å². The molecule has 3 nitrogen and oxygen atoms in total. The topological polar surface area (TPSA) is 29.9 Å². The largest absolute Gasteiger partial charge is 0.377 e. The van der Waals surface area contributed by atoms with Crippen LogP contribution in [0.1, 0.15) is 25.6 Å². The van der Waals surface area contributed by atoms with Crippen LogP contribution in [0.25, 0.3) is 0 Å². The number of hydrogen-bond acceptors (Lipinski definition) is 2. The number of nitrogens with zero attached hydrogens (tertiary/aromatic N) is 2. The van der Waals surface area contributed by atoms with Gasteiger partial charge < -0.3 is 9.88 Å². The lowest BCUT2D eigenvalue weighted by molar-refractivity contribution is 0.576. The molecule has 0 amide bonds. The Balaban J connectivity index is 2.09. The third-order valence-electron chi connectivity index (χ3n) is 2.69. The first kappa shape index (κ1) is 12.9. The molecule has 0 saturated carbocycles. The Bertz CT molecular complexity index is 537. The number of anilines is 1. The molecular weight excluding hydrogens is 253 g/mol. The zero-order valence-corrected chi connectivity index (χ0v) is 11.1. The predicted octanol–water partition coefficient (Wildman–Crippen LogP) is 3.87. The van der Waals surface area contributed by atoms with Crippen molar-refractivity contribution in [2.75, 3.05) is 5.32 Å². The summed E-state index contributed by atoms with van der Waals surface area (Å²) in [4.78, 5) is 4.10. The number of rotatable bonds is 4. The molecule has 0 aliphatic heterocycles. The first-order valence-corrected chi connectivity index (χ1v) is 6.15. The summed E-state index contributed by atoms with van der Waals surface area (Å²) in [6.45, 7) is 4.68. The van der Waals surface area contributed by atoms with Gasteiger partial charge in [-0.15, -0.1) is 0 Å². The van der Waals surface area contributed by atoms with Gasteiger partial charge in [-0.1, -0.05) is 11.6 Å². The molecule has 0 fully saturated rings. The van der Waals surface area contributed by atoms with Crippen molar-refractivity contribution in [3.8, 4) is 0 Å². The maximum atomic E-state index is 13.6. The maximum absolute atomic E-state index is 13.6. The van der Waals surface area contributed by atoms with E-state index in [0.717, 1.165) is 5.69 Å². The summed E-state index contributed by atoms with van der Waals surface area (Å²) < 4.78 is 15.6. The number of imidazole rings is 1. The van der Waals surface area contributed by atoms with Crippen LogP contribution < -0.4 is 5.32 Å². The fraction of sp³-hybridized carbons (Fsp3) is 0.308. The van der Waals surface area contributed by atoms with Crippen LogP contribution in [0.15, 0.2) is 30.7 Å². The van der Waals surface area contributed by atoms with Crippen molar-refractivity contribution >= 4 is 17.3 Å². The average molecular weight is 268 g/mol. The summed E-state index contributed by atoms with van der Waals surface area (Å²) in [6.07, 6.45) is 3.56. The monoisotopic (exact) mass is 267 g/mol. The Morgan fingerprint density at radius 2 is 2.22 bits per heavy atom. The van der Waals surface area contributed by atoms with E-state index in [9.17, 15) is 4.39 Å². The minimum atomic E-state index is -0.349. The van der Waals surface area contributed by atoms with Gasteiger partial charge >= 0.3 is 0 Å². The van der Waals surface area contributed by atoms with Crippen LogP contribution in [0.5, 0.6) is 0 Å². The van der Waals surface area contributed by atoms with Crippen LogP contribution in [-0.2, 0) is 6.54 Å². The van der Waals surface area contributed by atoms with Gasteiger partial charge in [0.25, 0.3) is 0 Å². The highest BCUT2D eigenvalue weighted by molar-refractivity contribution is 6.30. The number of aromatic nitrogens is 2. The smallest absolute Gasteiger partial charge is 0.147 e. The third-order valence-corrected chi connectivity index (χ3v) is 2.93. The third kappa shape index (κ3) is 2.82. The van der Waals surface area contributed by atoms with E-state index in [1.54, 1.807) is 24.7 Å². The zero-order chi connectivity index (χ0) is 13.1. The van der Waals surface area contributed by atoms with Crippen LogP contribution in [0, 0.1) is 5.82 Å². The minimum Gasteiger partial charge on any atom is -0.377 e. The number of hydrogen-bond donors (Lipinski definition) is 1. The molecule has 0 radical (unpaired) electrons. The van der Waals surface area contributed by atoms with Crippen molar-refractivity contribution in [2.45, 2.75) is 26.4 Å². The SMILES string of the molecule is CC(C)n1cncc1CNc1ccc(Cl)cc1F. The van der Waals surface area contributed by atoms with Crippen molar-refractivity contribution in [1.29, 1.82) is 0 Å². The van der Waals surface area contributed by atoms with Crippen molar-refractivity contribution in [3.05, 3.63) is 47.3 Å². The minimum absolute atomic E-state index is 0.333. The Labute approximate surface area is 111 Å². The van der Waals surface area contributed by atoms with Gasteiger partial charge in [0.15, 0.2) is 0 Å². The van der Waals surface area contributed by atoms with Gasteiger partial charge in [-0.05, 0) is 32.0 Å². The molecule has 0 spiro atoms. The Hall–Kier alpha value is -1.55. The van der Waals surface area contributed by atoms with Gasteiger partial charge in [0.2, 0.25) is 0 Å². The molecule has 1 aromatic carbocycles. The zero-order valence-electron chi connectivity index (χ0n) is 10.3. The average Bonchev–Trinajstić information content (AvgIpc) is 2.76. The van der Waals surface area contributed by atoms with Gasteiger partial charge in [0.1, 0.15) is 5.82 Å². The van der Waals surface area contributed by atoms with Crippen molar-refractivity contribution in [3.63, 3.8) is 0 Å². The first-order valence-electron chi connectivity index (χ1n) is 5.77. The highest BCUT2D eigenvalue weighted by Crippen LogP contribution is 2.20. The van der Waals surface area contributed by atoms with Crippen molar-refractivity contribution in [2.24, 2.45) is 0 Å². The van der Waals surface area contributed by atoms with Crippen LogP contribution in [-0.4, -0.2) is 9.55 Å². The molecule has 1 heterocycles. The lowest BCUT2D eigenvalue weighted by Gasteiger charge is -2.13. The second-order valence-electron chi connectivity index (χ2n) is 4.36. The maximum Gasteiger partial charge on any atom is 0.147 e. The molecule has 18 heavy (non-hydrogen) atoms. The molecule has 0 aliphatic carbocycles. The summed E-state index contributed by atoms with van der Waals surface area (Å²) in [5.74, 6) is -0.349. The normalized spacial score (nSPS) is 10.9. The predicted molar refractivity (Wildman–Crippen MR) is 71.3 cm³/mol. The second kappa shape index (κ2) is 5.40. The van der Waals surface area contributed by atoms with Crippen LogP contribution in [0.4, 0.5) is 10.1 Å².